The Hall–Kier alpha value is -2.96. The van der Waals surface area contributed by atoms with Crippen LogP contribution in [0.15, 0.2) is 30.4 Å². The first-order valence-corrected chi connectivity index (χ1v) is 14.5. The number of nitrogens with one attached hydrogen (secondary N) is 1. The lowest BCUT2D eigenvalue weighted by molar-refractivity contribution is -0.169. The molecule has 2 aliphatic rings. The van der Waals surface area contributed by atoms with Gasteiger partial charge in [-0.15, -0.1) is 6.58 Å². The molecule has 8 atom stereocenters. The van der Waals surface area contributed by atoms with Crippen LogP contribution >= 0.6 is 0 Å². The number of aliphatic hydroxyl groups excluding tert-OH is 2. The average Bonchev–Trinajstić information content (AvgIpc) is 2.94. The lowest BCUT2D eigenvalue weighted by atomic mass is 9.72. The molecular weight excluding hydrogens is 558 g/mol. The SMILES string of the molecule is C=C(C)CC(OC)C(O)C(=O)NC(OC)C1CC(=C)C(C)(C)C(CC(O)C(C)C2Cc3c(C)c(O)cc(O)c3C(=O)O2)O1. The quantitative estimate of drug-likeness (QED) is 0.136. The fourth-order valence-corrected chi connectivity index (χ4v) is 5.76. The lowest BCUT2D eigenvalue weighted by Gasteiger charge is -2.47. The highest BCUT2D eigenvalue weighted by molar-refractivity contribution is 5.96. The average molecular weight is 606 g/mol. The maximum Gasteiger partial charge on any atom is 0.342 e. The van der Waals surface area contributed by atoms with E-state index in [4.69, 9.17) is 18.9 Å². The minimum Gasteiger partial charge on any atom is -0.508 e. The number of methoxy groups -OCH3 is 2. The standard InChI is InChI=1S/C32H47NO10/c1-15(2)10-24(40-8)28(37)29(38)33-30(41-9)25-11-16(3)32(6,7)26(42-25)14-21(35)18(5)23-12-19-17(4)20(34)13-22(36)27(19)31(39)43-23/h13,18,21,23-26,28,30,34-37H,1,3,10-12,14H2,2,4-9H3,(H,33,38). The molecule has 1 saturated heterocycles. The Bertz CT molecular complexity index is 1230. The van der Waals surface area contributed by atoms with Crippen molar-refractivity contribution in [2.45, 2.75) is 103 Å². The minimum absolute atomic E-state index is 0.0262. The summed E-state index contributed by atoms with van der Waals surface area (Å²) in [6, 6.07) is 1.12. The third-order valence-corrected chi connectivity index (χ3v) is 9.04. The summed E-state index contributed by atoms with van der Waals surface area (Å²) in [5.74, 6) is -2.40. The number of aliphatic hydroxyl groups is 2. The highest BCUT2D eigenvalue weighted by Crippen LogP contribution is 2.44. The zero-order valence-corrected chi connectivity index (χ0v) is 26.2. The van der Waals surface area contributed by atoms with Crippen molar-refractivity contribution >= 4 is 11.9 Å². The zero-order chi connectivity index (χ0) is 32.4. The van der Waals surface area contributed by atoms with Gasteiger partial charge in [0.05, 0.1) is 18.3 Å². The largest absolute Gasteiger partial charge is 0.508 e. The molecule has 2 heterocycles. The van der Waals surface area contributed by atoms with E-state index < -0.39 is 66.1 Å². The van der Waals surface area contributed by atoms with Crippen LogP contribution in [0.4, 0.5) is 0 Å². The summed E-state index contributed by atoms with van der Waals surface area (Å²) < 4.78 is 22.9. The number of ether oxygens (including phenoxy) is 4. The Kier molecular flexibility index (Phi) is 11.1. The number of fused-ring (bicyclic) bond motifs is 1. The van der Waals surface area contributed by atoms with Crippen molar-refractivity contribution in [1.29, 1.82) is 0 Å². The summed E-state index contributed by atoms with van der Waals surface area (Å²) in [4.78, 5) is 25.7. The molecule has 1 aromatic rings. The predicted octanol–water partition coefficient (Wildman–Crippen LogP) is 3.05. The smallest absolute Gasteiger partial charge is 0.342 e. The lowest BCUT2D eigenvalue weighted by Crippen LogP contribution is -2.56. The van der Waals surface area contributed by atoms with Gasteiger partial charge in [-0.05, 0) is 37.8 Å². The van der Waals surface area contributed by atoms with Gasteiger partial charge >= 0.3 is 5.97 Å². The number of hydrogen-bond acceptors (Lipinski definition) is 10. The molecule has 0 spiro atoms. The summed E-state index contributed by atoms with van der Waals surface area (Å²) in [6.07, 6.45) is -5.01. The zero-order valence-electron chi connectivity index (χ0n) is 26.2. The molecule has 5 N–H and O–H groups in total. The Morgan fingerprint density at radius 2 is 1.81 bits per heavy atom. The van der Waals surface area contributed by atoms with Crippen LogP contribution in [0.2, 0.25) is 0 Å². The number of cyclic esters (lactones) is 1. The Labute approximate surface area is 253 Å². The van der Waals surface area contributed by atoms with E-state index in [-0.39, 0.29) is 29.9 Å². The van der Waals surface area contributed by atoms with E-state index in [1.807, 2.05) is 13.8 Å². The molecular formula is C32H47NO10. The molecule has 3 rings (SSSR count). The number of amides is 1. The van der Waals surface area contributed by atoms with Crippen LogP contribution < -0.4 is 5.32 Å². The van der Waals surface area contributed by atoms with Gasteiger partial charge in [0.15, 0.2) is 12.3 Å². The van der Waals surface area contributed by atoms with Crippen molar-refractivity contribution in [3.63, 3.8) is 0 Å². The summed E-state index contributed by atoms with van der Waals surface area (Å²) in [6.45, 7) is 17.2. The second-order valence-electron chi connectivity index (χ2n) is 12.4. The van der Waals surface area contributed by atoms with E-state index >= 15 is 0 Å². The number of rotatable bonds is 12. The van der Waals surface area contributed by atoms with E-state index in [2.05, 4.69) is 18.5 Å². The van der Waals surface area contributed by atoms with Gasteiger partial charge in [0.1, 0.15) is 29.3 Å². The normalized spacial score (nSPS) is 25.1. The number of carbonyl (C=O) groups excluding carboxylic acids is 2. The van der Waals surface area contributed by atoms with Crippen molar-refractivity contribution < 1.29 is 49.0 Å². The fourth-order valence-electron chi connectivity index (χ4n) is 5.76. The van der Waals surface area contributed by atoms with Crippen molar-refractivity contribution in [1.82, 2.24) is 5.32 Å². The highest BCUT2D eigenvalue weighted by atomic mass is 16.6. The number of esters is 1. The fraction of sp³-hybridized carbons (Fsp3) is 0.625. The van der Waals surface area contributed by atoms with Crippen LogP contribution in [0.5, 0.6) is 11.5 Å². The Balaban J connectivity index is 1.74. The van der Waals surface area contributed by atoms with Crippen molar-refractivity contribution in [3.8, 4) is 11.5 Å². The molecule has 43 heavy (non-hydrogen) atoms. The van der Waals surface area contributed by atoms with Crippen molar-refractivity contribution in [2.75, 3.05) is 14.2 Å². The molecule has 11 heteroatoms. The van der Waals surface area contributed by atoms with E-state index in [0.717, 1.165) is 17.2 Å². The van der Waals surface area contributed by atoms with E-state index in [0.29, 0.717) is 24.0 Å². The van der Waals surface area contributed by atoms with E-state index in [1.165, 1.54) is 14.2 Å². The number of carbonyl (C=O) groups is 2. The third-order valence-electron chi connectivity index (χ3n) is 9.04. The maximum absolute atomic E-state index is 12.9. The molecule has 0 bridgehead atoms. The monoisotopic (exact) mass is 605 g/mol. The van der Waals surface area contributed by atoms with Gasteiger partial charge in [-0.2, -0.15) is 0 Å². The molecule has 1 fully saturated rings. The third kappa shape index (κ3) is 7.41. The summed E-state index contributed by atoms with van der Waals surface area (Å²) in [5.41, 5.74) is 2.03. The number of phenols is 2. The highest BCUT2D eigenvalue weighted by Gasteiger charge is 2.46. The second-order valence-corrected chi connectivity index (χ2v) is 12.4. The van der Waals surface area contributed by atoms with Gasteiger partial charge in [0, 0.05) is 44.5 Å². The Morgan fingerprint density at radius 3 is 2.40 bits per heavy atom. The van der Waals surface area contributed by atoms with Crippen LogP contribution in [-0.4, -0.2) is 89.4 Å². The minimum atomic E-state index is -1.46. The van der Waals surface area contributed by atoms with E-state index in [9.17, 15) is 30.0 Å². The van der Waals surface area contributed by atoms with Crippen LogP contribution in [0.25, 0.3) is 0 Å². The summed E-state index contributed by atoms with van der Waals surface area (Å²) >= 11 is 0. The Morgan fingerprint density at radius 1 is 1.16 bits per heavy atom. The number of phenolic OH excluding ortho intramolecular Hbond substituents is 2. The van der Waals surface area contributed by atoms with E-state index in [1.54, 1.807) is 20.8 Å². The first-order valence-electron chi connectivity index (χ1n) is 14.5. The number of aromatic hydroxyl groups is 2. The number of benzene rings is 1. The predicted molar refractivity (Wildman–Crippen MR) is 159 cm³/mol. The molecule has 1 aromatic carbocycles. The molecule has 240 valence electrons. The van der Waals surface area contributed by atoms with Crippen molar-refractivity contribution in [2.24, 2.45) is 11.3 Å². The van der Waals surface area contributed by atoms with Gasteiger partial charge in [-0.1, -0.05) is 38.5 Å². The first kappa shape index (κ1) is 34.5. The van der Waals surface area contributed by atoms with Gasteiger partial charge in [0.25, 0.3) is 5.91 Å². The van der Waals surface area contributed by atoms with Gasteiger partial charge in [-0.25, -0.2) is 4.79 Å². The van der Waals surface area contributed by atoms with Crippen LogP contribution in [0.3, 0.4) is 0 Å². The van der Waals surface area contributed by atoms with Gasteiger partial charge in [0.2, 0.25) is 0 Å². The van der Waals surface area contributed by atoms with Crippen molar-refractivity contribution in [3.05, 3.63) is 47.1 Å². The summed E-state index contributed by atoms with van der Waals surface area (Å²) in [7, 11) is 2.83. The maximum atomic E-state index is 12.9. The van der Waals surface area contributed by atoms with Gasteiger partial charge < -0.3 is 44.7 Å². The van der Waals surface area contributed by atoms with Gasteiger partial charge in [-0.3, -0.25) is 4.79 Å². The second kappa shape index (κ2) is 13.8. The topological polar surface area (TPSA) is 164 Å². The molecule has 0 radical (unpaired) electrons. The molecule has 8 unspecified atom stereocenters. The molecule has 2 aliphatic heterocycles. The van der Waals surface area contributed by atoms with Crippen LogP contribution in [-0.2, 0) is 30.2 Å². The first-order chi connectivity index (χ1) is 20.0. The molecule has 0 aromatic heterocycles. The molecule has 11 nitrogen and oxygen atoms in total. The number of hydrogen-bond donors (Lipinski definition) is 5. The molecule has 0 aliphatic carbocycles. The van der Waals surface area contributed by atoms with Crippen LogP contribution in [0, 0.1) is 18.3 Å². The summed E-state index contributed by atoms with van der Waals surface area (Å²) in [5, 5.41) is 45.1. The molecule has 0 saturated carbocycles. The molecule has 1 amide bonds. The van der Waals surface area contributed by atoms with Crippen LogP contribution in [0.1, 0.15) is 68.4 Å².